The monoisotopic (exact) mass is 326 g/mol. The van der Waals surface area contributed by atoms with E-state index in [4.69, 9.17) is 0 Å². The number of rotatable bonds is 8. The molecule has 0 spiro atoms. The summed E-state index contributed by atoms with van der Waals surface area (Å²) in [5, 5.41) is 3.43. The molecule has 0 saturated heterocycles. The zero-order chi connectivity index (χ0) is 14.3. The molecule has 1 unspecified atom stereocenters. The van der Waals surface area contributed by atoms with Crippen molar-refractivity contribution in [2.75, 3.05) is 13.6 Å². The van der Waals surface area contributed by atoms with Crippen LogP contribution >= 0.6 is 15.9 Å². The van der Waals surface area contributed by atoms with Gasteiger partial charge in [0.05, 0.1) is 0 Å². The molecule has 1 aromatic rings. The zero-order valence-electron chi connectivity index (χ0n) is 12.7. The average Bonchev–Trinajstić information content (AvgIpc) is 2.41. The van der Waals surface area contributed by atoms with E-state index in [9.17, 15) is 0 Å². The molecule has 1 atom stereocenters. The van der Waals surface area contributed by atoms with Gasteiger partial charge in [-0.15, -0.1) is 0 Å². The van der Waals surface area contributed by atoms with Gasteiger partial charge in [0, 0.05) is 23.6 Å². The molecule has 1 rings (SSSR count). The van der Waals surface area contributed by atoms with Gasteiger partial charge in [0.25, 0.3) is 0 Å². The molecule has 0 aliphatic carbocycles. The molecule has 0 aromatic heterocycles. The second-order valence-corrected chi connectivity index (χ2v) is 6.13. The first-order valence-corrected chi connectivity index (χ1v) is 8.06. The summed E-state index contributed by atoms with van der Waals surface area (Å²) < 4.78 is 1.22. The Morgan fingerprint density at radius 2 is 2.05 bits per heavy atom. The zero-order valence-corrected chi connectivity index (χ0v) is 14.3. The van der Waals surface area contributed by atoms with Gasteiger partial charge >= 0.3 is 0 Å². The van der Waals surface area contributed by atoms with Crippen molar-refractivity contribution in [1.82, 2.24) is 10.2 Å². The van der Waals surface area contributed by atoms with Crippen molar-refractivity contribution in [3.05, 3.63) is 33.8 Å². The van der Waals surface area contributed by atoms with Crippen molar-refractivity contribution in [1.29, 1.82) is 0 Å². The highest BCUT2D eigenvalue weighted by atomic mass is 79.9. The summed E-state index contributed by atoms with van der Waals surface area (Å²) in [5.74, 6) is 0. The summed E-state index contributed by atoms with van der Waals surface area (Å²) in [6.07, 6.45) is 2.37. The number of hydrogen-bond donors (Lipinski definition) is 1. The standard InChI is InChI=1S/C16H27BrN2/c1-5-9-18-11-14-7-8-15(16(17)10-14)12-19(4)13(3)6-2/h7-8,10,13,18H,5-6,9,11-12H2,1-4H3. The van der Waals surface area contributed by atoms with Crippen LogP contribution in [0.5, 0.6) is 0 Å². The lowest BCUT2D eigenvalue weighted by Gasteiger charge is -2.24. The maximum atomic E-state index is 3.70. The topological polar surface area (TPSA) is 15.3 Å². The molecule has 0 heterocycles. The van der Waals surface area contributed by atoms with E-state index in [0.29, 0.717) is 6.04 Å². The highest BCUT2D eigenvalue weighted by Crippen LogP contribution is 2.21. The number of nitrogens with zero attached hydrogens (tertiary/aromatic N) is 1. The fraction of sp³-hybridized carbons (Fsp3) is 0.625. The highest BCUT2D eigenvalue weighted by Gasteiger charge is 2.09. The van der Waals surface area contributed by atoms with Crippen molar-refractivity contribution < 1.29 is 0 Å². The predicted octanol–water partition coefficient (Wildman–Crippen LogP) is 4.18. The first-order valence-electron chi connectivity index (χ1n) is 7.26. The van der Waals surface area contributed by atoms with Crippen LogP contribution in [0.4, 0.5) is 0 Å². The maximum absolute atomic E-state index is 3.70. The summed E-state index contributed by atoms with van der Waals surface area (Å²) in [4.78, 5) is 2.40. The lowest BCUT2D eigenvalue weighted by molar-refractivity contribution is 0.243. The van der Waals surface area contributed by atoms with Gasteiger partial charge in [0.2, 0.25) is 0 Å². The Morgan fingerprint density at radius 1 is 1.32 bits per heavy atom. The smallest absolute Gasteiger partial charge is 0.0244 e. The minimum Gasteiger partial charge on any atom is -0.313 e. The van der Waals surface area contributed by atoms with E-state index < -0.39 is 0 Å². The van der Waals surface area contributed by atoms with Crippen molar-refractivity contribution in [3.8, 4) is 0 Å². The molecule has 0 radical (unpaired) electrons. The fourth-order valence-corrected chi connectivity index (χ4v) is 2.53. The predicted molar refractivity (Wildman–Crippen MR) is 87.4 cm³/mol. The molecule has 0 fully saturated rings. The number of hydrogen-bond acceptors (Lipinski definition) is 2. The Kier molecular flexibility index (Phi) is 7.66. The van der Waals surface area contributed by atoms with E-state index in [1.165, 1.54) is 28.4 Å². The van der Waals surface area contributed by atoms with E-state index >= 15 is 0 Å². The Morgan fingerprint density at radius 3 is 2.63 bits per heavy atom. The second kappa shape index (κ2) is 8.72. The molecule has 0 aliphatic heterocycles. The Hall–Kier alpha value is -0.380. The van der Waals surface area contributed by atoms with Crippen LogP contribution in [0.2, 0.25) is 0 Å². The Labute approximate surface area is 126 Å². The van der Waals surface area contributed by atoms with E-state index in [1.54, 1.807) is 0 Å². The van der Waals surface area contributed by atoms with Gasteiger partial charge in [-0.2, -0.15) is 0 Å². The van der Waals surface area contributed by atoms with Gasteiger partial charge in [0.1, 0.15) is 0 Å². The van der Waals surface area contributed by atoms with Crippen molar-refractivity contribution >= 4 is 15.9 Å². The minimum absolute atomic E-state index is 0.623. The normalized spacial score (nSPS) is 12.9. The Bertz CT molecular complexity index is 379. The first-order chi connectivity index (χ1) is 9.08. The summed E-state index contributed by atoms with van der Waals surface area (Å²) in [6, 6.07) is 7.33. The summed E-state index contributed by atoms with van der Waals surface area (Å²) in [7, 11) is 2.19. The van der Waals surface area contributed by atoms with Gasteiger partial charge in [-0.25, -0.2) is 0 Å². The molecule has 1 N–H and O–H groups in total. The van der Waals surface area contributed by atoms with Crippen molar-refractivity contribution in [2.45, 2.75) is 52.7 Å². The van der Waals surface area contributed by atoms with Crippen LogP contribution in [0.1, 0.15) is 44.7 Å². The SMILES string of the molecule is CCCNCc1ccc(CN(C)C(C)CC)c(Br)c1. The summed E-state index contributed by atoms with van der Waals surface area (Å²) >= 11 is 3.70. The number of benzene rings is 1. The van der Waals surface area contributed by atoms with Gasteiger partial charge in [0.15, 0.2) is 0 Å². The van der Waals surface area contributed by atoms with Crippen LogP contribution < -0.4 is 5.32 Å². The van der Waals surface area contributed by atoms with Crippen LogP contribution in [-0.4, -0.2) is 24.5 Å². The van der Waals surface area contributed by atoms with Gasteiger partial charge in [-0.3, -0.25) is 4.90 Å². The van der Waals surface area contributed by atoms with Crippen LogP contribution in [0.25, 0.3) is 0 Å². The van der Waals surface area contributed by atoms with E-state index in [-0.39, 0.29) is 0 Å². The largest absolute Gasteiger partial charge is 0.313 e. The van der Waals surface area contributed by atoms with Crippen molar-refractivity contribution in [3.63, 3.8) is 0 Å². The molecule has 108 valence electrons. The third-order valence-corrected chi connectivity index (χ3v) is 4.37. The van der Waals surface area contributed by atoms with Crippen LogP contribution in [0.15, 0.2) is 22.7 Å². The van der Waals surface area contributed by atoms with Crippen molar-refractivity contribution in [2.24, 2.45) is 0 Å². The lowest BCUT2D eigenvalue weighted by atomic mass is 10.1. The number of halogens is 1. The molecular formula is C16H27BrN2. The third-order valence-electron chi connectivity index (χ3n) is 3.64. The molecule has 0 amide bonds. The molecule has 0 aliphatic rings. The van der Waals surface area contributed by atoms with E-state index in [0.717, 1.165) is 19.6 Å². The molecular weight excluding hydrogens is 300 g/mol. The van der Waals surface area contributed by atoms with Crippen LogP contribution in [-0.2, 0) is 13.1 Å². The van der Waals surface area contributed by atoms with E-state index in [1.807, 2.05) is 0 Å². The van der Waals surface area contributed by atoms with Gasteiger partial charge < -0.3 is 5.32 Å². The van der Waals surface area contributed by atoms with E-state index in [2.05, 4.69) is 72.2 Å². The Balaban J connectivity index is 2.61. The summed E-state index contributed by atoms with van der Waals surface area (Å²) in [6.45, 7) is 9.73. The molecule has 19 heavy (non-hydrogen) atoms. The van der Waals surface area contributed by atoms with Crippen LogP contribution in [0.3, 0.4) is 0 Å². The highest BCUT2D eigenvalue weighted by molar-refractivity contribution is 9.10. The first kappa shape index (κ1) is 16.7. The lowest BCUT2D eigenvalue weighted by Crippen LogP contribution is -2.27. The maximum Gasteiger partial charge on any atom is 0.0244 e. The fourth-order valence-electron chi connectivity index (χ4n) is 1.97. The molecule has 0 bridgehead atoms. The van der Waals surface area contributed by atoms with Gasteiger partial charge in [-0.05, 0) is 50.6 Å². The van der Waals surface area contributed by atoms with Gasteiger partial charge in [-0.1, -0.05) is 41.9 Å². The molecule has 1 aromatic carbocycles. The summed E-state index contributed by atoms with van der Waals surface area (Å²) in [5.41, 5.74) is 2.71. The second-order valence-electron chi connectivity index (χ2n) is 5.27. The molecule has 0 saturated carbocycles. The molecule has 2 nitrogen and oxygen atoms in total. The minimum atomic E-state index is 0.623. The number of nitrogens with one attached hydrogen (secondary N) is 1. The quantitative estimate of drug-likeness (QED) is 0.721. The molecule has 3 heteroatoms. The third kappa shape index (κ3) is 5.64. The van der Waals surface area contributed by atoms with Crippen LogP contribution in [0, 0.1) is 0 Å². The average molecular weight is 327 g/mol.